The van der Waals surface area contributed by atoms with E-state index in [1.165, 1.54) is 42.1 Å². The fourth-order valence-corrected chi connectivity index (χ4v) is 2.39. The van der Waals surface area contributed by atoms with E-state index in [0.29, 0.717) is 5.56 Å². The Bertz CT molecular complexity index is 685. The normalized spacial score (nSPS) is 11.5. The van der Waals surface area contributed by atoms with Crippen LogP contribution < -0.4 is 10.1 Å². The molecule has 1 amide bonds. The third kappa shape index (κ3) is 6.78. The van der Waals surface area contributed by atoms with Gasteiger partial charge in [-0.2, -0.15) is 0 Å². The molecule has 0 aliphatic carbocycles. The fraction of sp³-hybridized carbons (Fsp3) is 0.118. The number of thioether (sulfide) groups is 1. The van der Waals surface area contributed by atoms with E-state index in [9.17, 15) is 18.0 Å². The van der Waals surface area contributed by atoms with Gasteiger partial charge < -0.3 is 10.1 Å². The molecule has 0 aromatic heterocycles. The Balaban J connectivity index is 1.77. The van der Waals surface area contributed by atoms with Gasteiger partial charge in [0, 0.05) is 17.5 Å². The molecule has 0 radical (unpaired) electrons. The Morgan fingerprint density at radius 2 is 1.75 bits per heavy atom. The second-order valence-corrected chi connectivity index (χ2v) is 5.62. The zero-order valence-corrected chi connectivity index (χ0v) is 13.2. The van der Waals surface area contributed by atoms with E-state index in [1.807, 2.05) is 30.3 Å². The summed E-state index contributed by atoms with van der Waals surface area (Å²) in [6.07, 6.45) is -3.31. The average molecular weight is 353 g/mol. The third-order valence-corrected chi connectivity index (χ3v) is 3.61. The quantitative estimate of drug-likeness (QED) is 0.613. The van der Waals surface area contributed by atoms with Crippen molar-refractivity contribution in [3.8, 4) is 5.75 Å². The summed E-state index contributed by atoms with van der Waals surface area (Å²) in [4.78, 5) is 12.7. The molecule has 7 heteroatoms. The molecule has 2 rings (SSSR count). The fourth-order valence-electron chi connectivity index (χ4n) is 1.73. The van der Waals surface area contributed by atoms with Crippen molar-refractivity contribution in [3.63, 3.8) is 0 Å². The molecule has 2 aromatic carbocycles. The molecule has 0 saturated heterocycles. The summed E-state index contributed by atoms with van der Waals surface area (Å²) in [5, 5.41) is 4.32. The van der Waals surface area contributed by atoms with Crippen LogP contribution in [0, 0.1) is 0 Å². The van der Waals surface area contributed by atoms with Crippen LogP contribution in [-0.2, 0) is 11.3 Å². The van der Waals surface area contributed by atoms with Crippen LogP contribution in [-0.4, -0.2) is 12.3 Å². The summed E-state index contributed by atoms with van der Waals surface area (Å²) < 4.78 is 39.9. The van der Waals surface area contributed by atoms with Gasteiger partial charge in [-0.05, 0) is 35.2 Å². The Morgan fingerprint density at radius 3 is 2.38 bits per heavy atom. The number of nitrogens with one attached hydrogen (secondary N) is 1. The van der Waals surface area contributed by atoms with Gasteiger partial charge in [-0.15, -0.1) is 13.2 Å². The van der Waals surface area contributed by atoms with Crippen LogP contribution in [0.1, 0.15) is 5.56 Å². The highest BCUT2D eigenvalue weighted by Crippen LogP contribution is 2.22. The molecule has 3 nitrogen and oxygen atoms in total. The first kappa shape index (κ1) is 17.9. The molecule has 0 saturated carbocycles. The lowest BCUT2D eigenvalue weighted by atomic mass is 10.2. The van der Waals surface area contributed by atoms with Crippen molar-refractivity contribution >= 4 is 17.7 Å². The maximum absolute atomic E-state index is 12.0. The molecule has 126 valence electrons. The Kier molecular flexibility index (Phi) is 6.31. The zero-order valence-electron chi connectivity index (χ0n) is 12.4. The third-order valence-electron chi connectivity index (χ3n) is 2.79. The standard InChI is InChI=1S/C17H14F3NO2S/c18-17(19,20)23-14-8-6-13(7-9-14)12-21-16(22)10-11-24-15-4-2-1-3-5-15/h1-11H,12H2,(H,21,22)/b11-10+. The van der Waals surface area contributed by atoms with Crippen molar-refractivity contribution in [1.29, 1.82) is 0 Å². The largest absolute Gasteiger partial charge is 0.573 e. The summed E-state index contributed by atoms with van der Waals surface area (Å²) >= 11 is 1.41. The monoisotopic (exact) mass is 353 g/mol. The maximum atomic E-state index is 12.0. The van der Waals surface area contributed by atoms with E-state index in [0.717, 1.165) is 4.90 Å². The summed E-state index contributed by atoms with van der Waals surface area (Å²) in [7, 11) is 0. The SMILES string of the molecule is O=C(/C=C/Sc1ccccc1)NCc1ccc(OC(F)(F)F)cc1. The number of halogens is 3. The highest BCUT2D eigenvalue weighted by molar-refractivity contribution is 8.02. The van der Waals surface area contributed by atoms with Gasteiger partial charge in [0.05, 0.1) is 0 Å². The first-order valence-corrected chi connectivity index (χ1v) is 7.81. The van der Waals surface area contributed by atoms with E-state index >= 15 is 0 Å². The molecule has 0 fully saturated rings. The highest BCUT2D eigenvalue weighted by Gasteiger charge is 2.30. The van der Waals surface area contributed by atoms with Crippen molar-refractivity contribution in [1.82, 2.24) is 5.32 Å². The number of hydrogen-bond acceptors (Lipinski definition) is 3. The van der Waals surface area contributed by atoms with Crippen molar-refractivity contribution in [2.24, 2.45) is 0 Å². The molecule has 2 aromatic rings. The Hall–Kier alpha value is -2.41. The van der Waals surface area contributed by atoms with Gasteiger partial charge >= 0.3 is 6.36 Å². The van der Waals surface area contributed by atoms with E-state index < -0.39 is 6.36 Å². The van der Waals surface area contributed by atoms with Gasteiger partial charge in [0.2, 0.25) is 5.91 Å². The molecule has 0 aliphatic rings. The molecule has 0 spiro atoms. The predicted molar refractivity (Wildman–Crippen MR) is 86.4 cm³/mol. The van der Waals surface area contributed by atoms with Gasteiger partial charge in [-0.1, -0.05) is 42.1 Å². The lowest BCUT2D eigenvalue weighted by Gasteiger charge is -2.09. The molecular formula is C17H14F3NO2S. The minimum atomic E-state index is -4.71. The lowest BCUT2D eigenvalue weighted by molar-refractivity contribution is -0.274. The topological polar surface area (TPSA) is 38.3 Å². The van der Waals surface area contributed by atoms with Crippen molar-refractivity contribution in [2.45, 2.75) is 17.8 Å². The first-order valence-electron chi connectivity index (χ1n) is 6.93. The molecule has 24 heavy (non-hydrogen) atoms. The van der Waals surface area contributed by atoms with Gasteiger partial charge in [0.25, 0.3) is 0 Å². The predicted octanol–water partition coefficient (Wildman–Crippen LogP) is 4.51. The van der Waals surface area contributed by atoms with Crippen molar-refractivity contribution in [2.75, 3.05) is 0 Å². The molecule has 0 atom stereocenters. The van der Waals surface area contributed by atoms with E-state index in [1.54, 1.807) is 5.41 Å². The minimum Gasteiger partial charge on any atom is -0.406 e. The van der Waals surface area contributed by atoms with Crippen molar-refractivity contribution < 1.29 is 22.7 Å². The zero-order chi connectivity index (χ0) is 17.4. The number of rotatable bonds is 6. The van der Waals surface area contributed by atoms with Gasteiger partial charge in [0.1, 0.15) is 5.75 Å². The number of hydrogen-bond donors (Lipinski definition) is 1. The van der Waals surface area contributed by atoms with Gasteiger partial charge in [0.15, 0.2) is 0 Å². The van der Waals surface area contributed by atoms with Crippen LogP contribution >= 0.6 is 11.8 Å². The number of ether oxygens (including phenoxy) is 1. The van der Waals surface area contributed by atoms with Crippen LogP contribution in [0.2, 0.25) is 0 Å². The van der Waals surface area contributed by atoms with E-state index in [2.05, 4.69) is 10.1 Å². The first-order chi connectivity index (χ1) is 11.4. The van der Waals surface area contributed by atoms with Crippen LogP contribution in [0.25, 0.3) is 0 Å². The summed E-state index contributed by atoms with van der Waals surface area (Å²) in [5.41, 5.74) is 0.669. The molecular weight excluding hydrogens is 339 g/mol. The number of carbonyl (C=O) groups is 1. The van der Waals surface area contributed by atoms with Crippen LogP contribution in [0.3, 0.4) is 0 Å². The number of benzene rings is 2. The highest BCUT2D eigenvalue weighted by atomic mass is 32.2. The second kappa shape index (κ2) is 8.44. The molecule has 0 bridgehead atoms. The number of alkyl halides is 3. The Labute approximate surface area is 141 Å². The Morgan fingerprint density at radius 1 is 1.08 bits per heavy atom. The van der Waals surface area contributed by atoms with E-state index in [4.69, 9.17) is 0 Å². The summed E-state index contributed by atoms with van der Waals surface area (Å²) in [6.45, 7) is 0.214. The lowest BCUT2D eigenvalue weighted by Crippen LogP contribution is -2.20. The summed E-state index contributed by atoms with van der Waals surface area (Å²) in [5.74, 6) is -0.578. The number of amides is 1. The average Bonchev–Trinajstić information content (AvgIpc) is 2.54. The van der Waals surface area contributed by atoms with Crippen LogP contribution in [0.15, 0.2) is 71.0 Å². The van der Waals surface area contributed by atoms with Gasteiger partial charge in [-0.3, -0.25) is 4.79 Å². The van der Waals surface area contributed by atoms with Crippen LogP contribution in [0.4, 0.5) is 13.2 Å². The smallest absolute Gasteiger partial charge is 0.406 e. The number of carbonyl (C=O) groups excluding carboxylic acids is 1. The molecule has 0 unspecified atom stereocenters. The minimum absolute atomic E-state index is 0.214. The molecule has 0 heterocycles. The molecule has 1 N–H and O–H groups in total. The second-order valence-electron chi connectivity index (χ2n) is 4.64. The van der Waals surface area contributed by atoms with Crippen LogP contribution in [0.5, 0.6) is 5.75 Å². The van der Waals surface area contributed by atoms with E-state index in [-0.39, 0.29) is 18.2 Å². The van der Waals surface area contributed by atoms with Gasteiger partial charge in [-0.25, -0.2) is 0 Å². The maximum Gasteiger partial charge on any atom is 0.573 e. The van der Waals surface area contributed by atoms with Crippen molar-refractivity contribution in [3.05, 3.63) is 71.6 Å². The summed E-state index contributed by atoms with van der Waals surface area (Å²) in [6, 6.07) is 14.9. The molecule has 0 aliphatic heterocycles.